The fraction of sp³-hybridized carbons (Fsp3) is 0.160. The van der Waals surface area contributed by atoms with Crippen LogP contribution in [0.5, 0.6) is 0 Å². The van der Waals surface area contributed by atoms with E-state index in [4.69, 9.17) is 4.74 Å². The van der Waals surface area contributed by atoms with Crippen molar-refractivity contribution in [3.8, 4) is 0 Å². The van der Waals surface area contributed by atoms with Gasteiger partial charge in [-0.1, -0.05) is 89.8 Å². The largest absolute Gasteiger partial charge is 0.457 e. The predicted octanol–water partition coefficient (Wildman–Crippen LogP) is 4.52. The SMILES string of the molecule is O=C(OCc1ccccc1C=Cc1ccccc1)c1ccc(CN2CC(O)NS2(O)O)cc1. The first-order valence-corrected chi connectivity index (χ1v) is 12.0. The van der Waals surface area contributed by atoms with E-state index < -0.39 is 23.2 Å². The van der Waals surface area contributed by atoms with Gasteiger partial charge in [-0.3, -0.25) is 9.11 Å². The van der Waals surface area contributed by atoms with Gasteiger partial charge in [0.1, 0.15) is 12.8 Å². The molecule has 1 aliphatic rings. The molecule has 1 heterocycles. The summed E-state index contributed by atoms with van der Waals surface area (Å²) in [4.78, 5) is 12.5. The van der Waals surface area contributed by atoms with Gasteiger partial charge in [-0.2, -0.15) is 9.03 Å². The zero-order valence-corrected chi connectivity index (χ0v) is 18.7. The van der Waals surface area contributed by atoms with E-state index in [1.54, 1.807) is 24.3 Å². The lowest BCUT2D eigenvalue weighted by Gasteiger charge is -2.35. The van der Waals surface area contributed by atoms with Gasteiger partial charge in [-0.25, -0.2) is 4.79 Å². The van der Waals surface area contributed by atoms with Crippen LogP contribution in [-0.4, -0.2) is 37.3 Å². The molecule has 0 spiro atoms. The Morgan fingerprint density at radius 2 is 1.70 bits per heavy atom. The van der Waals surface area contributed by atoms with Gasteiger partial charge in [0.2, 0.25) is 0 Å². The Bertz CT molecular complexity index is 1120. The molecule has 1 saturated heterocycles. The molecule has 0 saturated carbocycles. The molecule has 0 aromatic heterocycles. The van der Waals surface area contributed by atoms with Crippen molar-refractivity contribution < 1.29 is 23.7 Å². The number of rotatable bonds is 7. The van der Waals surface area contributed by atoms with E-state index in [0.29, 0.717) is 5.56 Å². The van der Waals surface area contributed by atoms with Gasteiger partial charge in [-0.05, 0) is 34.4 Å². The van der Waals surface area contributed by atoms with Crippen LogP contribution in [0, 0.1) is 0 Å². The summed E-state index contributed by atoms with van der Waals surface area (Å²) in [5.74, 6) is -0.439. The molecule has 0 bridgehead atoms. The summed E-state index contributed by atoms with van der Waals surface area (Å²) >= 11 is 0. The topological polar surface area (TPSA) is 102 Å². The Kier molecular flexibility index (Phi) is 7.24. The molecule has 1 fully saturated rings. The van der Waals surface area contributed by atoms with E-state index in [0.717, 1.165) is 22.3 Å². The average Bonchev–Trinajstić information content (AvgIpc) is 3.08. The smallest absolute Gasteiger partial charge is 0.338 e. The molecule has 4 rings (SSSR count). The summed E-state index contributed by atoms with van der Waals surface area (Å²) in [5.41, 5.74) is 4.15. The summed E-state index contributed by atoms with van der Waals surface area (Å²) in [6.45, 7) is 0.473. The van der Waals surface area contributed by atoms with Crippen LogP contribution in [0.1, 0.15) is 32.6 Å². The number of hydrogen-bond donors (Lipinski definition) is 4. The normalized spacial score (nSPS) is 18.9. The zero-order valence-electron chi connectivity index (χ0n) is 17.9. The summed E-state index contributed by atoms with van der Waals surface area (Å²) in [6.07, 6.45) is 3.03. The van der Waals surface area contributed by atoms with Gasteiger partial charge in [0.05, 0.1) is 12.1 Å². The molecule has 1 aliphatic heterocycles. The first-order valence-electron chi connectivity index (χ1n) is 10.5. The van der Waals surface area contributed by atoms with Crippen molar-refractivity contribution >= 4 is 29.1 Å². The Labute approximate surface area is 194 Å². The summed E-state index contributed by atoms with van der Waals surface area (Å²) in [5, 5.41) is 9.58. The van der Waals surface area contributed by atoms with Crippen LogP contribution in [0.2, 0.25) is 0 Å². The molecule has 4 N–H and O–H groups in total. The second kappa shape index (κ2) is 10.3. The van der Waals surface area contributed by atoms with E-state index in [-0.39, 0.29) is 19.7 Å². The number of nitrogens with one attached hydrogen (secondary N) is 1. The van der Waals surface area contributed by atoms with Crippen molar-refractivity contribution in [3.63, 3.8) is 0 Å². The van der Waals surface area contributed by atoms with Crippen molar-refractivity contribution in [2.45, 2.75) is 19.4 Å². The highest BCUT2D eigenvalue weighted by atomic mass is 32.3. The third-order valence-electron chi connectivity index (χ3n) is 5.25. The number of carbonyl (C=O) groups excluding carboxylic acids is 1. The van der Waals surface area contributed by atoms with E-state index in [2.05, 4.69) is 4.72 Å². The molecule has 3 aromatic carbocycles. The minimum absolute atomic E-state index is 0.101. The van der Waals surface area contributed by atoms with Crippen molar-refractivity contribution in [2.24, 2.45) is 0 Å². The second-order valence-corrected chi connectivity index (χ2v) is 9.48. The highest BCUT2D eigenvalue weighted by molar-refractivity contribution is 8.20. The highest BCUT2D eigenvalue weighted by Crippen LogP contribution is 2.44. The fourth-order valence-corrected chi connectivity index (χ4v) is 4.77. The number of ether oxygens (including phenoxy) is 1. The Hall–Kier alpha value is -2.98. The molecule has 1 unspecified atom stereocenters. The third kappa shape index (κ3) is 6.08. The molecular formula is C25H26N2O5S. The van der Waals surface area contributed by atoms with Crippen LogP contribution < -0.4 is 4.72 Å². The summed E-state index contributed by atoms with van der Waals surface area (Å²) < 4.78 is 29.1. The monoisotopic (exact) mass is 466 g/mol. The molecule has 0 aliphatic carbocycles. The van der Waals surface area contributed by atoms with Crippen molar-refractivity contribution in [2.75, 3.05) is 6.54 Å². The number of carbonyl (C=O) groups is 1. The molecule has 0 amide bonds. The standard InChI is InChI=1S/C25H26N2O5S/c28-24-17-27(33(30,31)26-24)16-20-11-14-22(15-12-20)25(29)32-18-23-9-5-4-8-21(23)13-10-19-6-2-1-3-7-19/h1-15,24,26,28,30-31H,16-18H2. The Morgan fingerprint density at radius 1 is 1.00 bits per heavy atom. The third-order valence-corrected chi connectivity index (χ3v) is 6.83. The van der Waals surface area contributed by atoms with Gasteiger partial charge in [0, 0.05) is 6.54 Å². The Balaban J connectivity index is 1.36. The molecule has 8 heteroatoms. The number of aliphatic hydroxyl groups excluding tert-OH is 1. The van der Waals surface area contributed by atoms with Gasteiger partial charge < -0.3 is 9.84 Å². The lowest BCUT2D eigenvalue weighted by molar-refractivity contribution is 0.0472. The maximum atomic E-state index is 12.5. The zero-order chi connectivity index (χ0) is 23.3. The van der Waals surface area contributed by atoms with Crippen LogP contribution >= 0.6 is 11.0 Å². The van der Waals surface area contributed by atoms with Crippen LogP contribution in [0.15, 0.2) is 78.9 Å². The lowest BCUT2D eigenvalue weighted by atomic mass is 10.1. The minimum Gasteiger partial charge on any atom is -0.457 e. The van der Waals surface area contributed by atoms with Crippen LogP contribution in [0.3, 0.4) is 0 Å². The molecule has 3 aromatic rings. The molecule has 0 radical (unpaired) electrons. The molecule has 33 heavy (non-hydrogen) atoms. The van der Waals surface area contributed by atoms with Gasteiger partial charge in [-0.15, -0.1) is 0 Å². The van der Waals surface area contributed by atoms with Gasteiger partial charge in [0.15, 0.2) is 0 Å². The summed E-state index contributed by atoms with van der Waals surface area (Å²) in [6, 6.07) is 24.5. The Morgan fingerprint density at radius 3 is 2.39 bits per heavy atom. The van der Waals surface area contributed by atoms with E-state index in [9.17, 15) is 19.0 Å². The van der Waals surface area contributed by atoms with Crippen LogP contribution in [0.4, 0.5) is 0 Å². The molecule has 1 atom stereocenters. The molecule has 7 nitrogen and oxygen atoms in total. The highest BCUT2D eigenvalue weighted by Gasteiger charge is 2.34. The van der Waals surface area contributed by atoms with Crippen molar-refractivity contribution in [3.05, 3.63) is 107 Å². The van der Waals surface area contributed by atoms with Gasteiger partial charge >= 0.3 is 5.97 Å². The quantitative estimate of drug-likeness (QED) is 0.300. The van der Waals surface area contributed by atoms with Gasteiger partial charge in [0.25, 0.3) is 0 Å². The van der Waals surface area contributed by atoms with Crippen LogP contribution in [0.25, 0.3) is 12.2 Å². The number of esters is 1. The number of nitrogens with zero attached hydrogens (tertiary/aromatic N) is 1. The van der Waals surface area contributed by atoms with Crippen LogP contribution in [-0.2, 0) is 17.9 Å². The van der Waals surface area contributed by atoms with Crippen molar-refractivity contribution in [1.29, 1.82) is 0 Å². The van der Waals surface area contributed by atoms with Crippen molar-refractivity contribution in [1.82, 2.24) is 9.03 Å². The average molecular weight is 467 g/mol. The second-order valence-electron chi connectivity index (χ2n) is 7.69. The predicted molar refractivity (Wildman–Crippen MR) is 130 cm³/mol. The first kappa shape index (κ1) is 23.2. The summed E-state index contributed by atoms with van der Waals surface area (Å²) in [7, 11) is -3.19. The van der Waals surface area contributed by atoms with E-state index in [1.165, 1.54) is 4.31 Å². The number of aliphatic hydroxyl groups is 1. The maximum Gasteiger partial charge on any atom is 0.338 e. The molecule has 172 valence electrons. The fourth-order valence-electron chi connectivity index (χ4n) is 3.50. The van der Waals surface area contributed by atoms with E-state index in [1.807, 2.05) is 66.7 Å². The molecular weight excluding hydrogens is 440 g/mol. The number of hydrogen-bond acceptors (Lipinski definition) is 7. The maximum absolute atomic E-state index is 12.5. The lowest BCUT2D eigenvalue weighted by Crippen LogP contribution is -2.25. The first-order chi connectivity index (χ1) is 15.9. The number of benzene rings is 3. The van der Waals surface area contributed by atoms with E-state index >= 15 is 0 Å². The minimum atomic E-state index is -3.19. The number of β-amino-alcohol motifs (C(OH)–C–C–N with tert-alkyl or cyclic N) is 1.